The molecule has 3 fully saturated rings. The zero-order chi connectivity index (χ0) is 25.3. The van der Waals surface area contributed by atoms with Crippen LogP contribution in [0.25, 0.3) is 0 Å². The van der Waals surface area contributed by atoms with Crippen molar-refractivity contribution in [1.82, 2.24) is 9.62 Å². The molecule has 206 valence electrons. The van der Waals surface area contributed by atoms with E-state index in [4.69, 9.17) is 37.4 Å². The van der Waals surface area contributed by atoms with Gasteiger partial charge >= 0.3 is 0 Å². The van der Waals surface area contributed by atoms with Crippen LogP contribution in [0.4, 0.5) is 0 Å². The lowest BCUT2D eigenvalue weighted by molar-refractivity contribution is 0.0109. The molecule has 2 aliphatic carbocycles. The Labute approximate surface area is 222 Å². The van der Waals surface area contributed by atoms with Crippen LogP contribution in [0.15, 0.2) is 0 Å². The Morgan fingerprint density at radius 2 is 1.51 bits per heavy atom. The van der Waals surface area contributed by atoms with Gasteiger partial charge in [-0.15, -0.1) is 23.2 Å². The van der Waals surface area contributed by atoms with Crippen molar-refractivity contribution in [3.8, 4) is 0 Å². The lowest BCUT2D eigenvalue weighted by Gasteiger charge is -2.51. The van der Waals surface area contributed by atoms with E-state index in [1.807, 2.05) is 0 Å². The van der Waals surface area contributed by atoms with Gasteiger partial charge in [-0.25, -0.2) is 13.1 Å². The number of sulfonamides is 1. The molecular formula is C25H46Cl2N2O5S. The highest BCUT2D eigenvalue weighted by Gasteiger charge is 2.47. The number of likely N-dealkylation sites (tertiary alicyclic amines) is 1. The van der Waals surface area contributed by atoms with Crippen LogP contribution in [0.5, 0.6) is 0 Å². The van der Waals surface area contributed by atoms with E-state index in [1.165, 1.54) is 0 Å². The van der Waals surface area contributed by atoms with E-state index in [0.29, 0.717) is 63.3 Å². The average molecular weight is 558 g/mol. The Bertz CT molecular complexity index is 716. The topological polar surface area (TPSA) is 77.1 Å². The minimum absolute atomic E-state index is 0.117. The minimum Gasteiger partial charge on any atom is -0.379 e. The summed E-state index contributed by atoms with van der Waals surface area (Å²) >= 11 is 13.3. The number of hydrogen-bond acceptors (Lipinski definition) is 6. The van der Waals surface area contributed by atoms with Crippen molar-refractivity contribution in [2.75, 3.05) is 66.3 Å². The standard InChI is InChI=1S/C25H46Cl2N2O5S/c1-3-8-32-10-12-34-13-11-33-9-7-28-35(30,31)21-6-4-5-19(14-21)23-17-29(2)18-24-22(23)15-20(26)16-25(24)27/h19-25,28H,3-18H2,1-2H3/t19-,20?,21?,22?,23?,24?,25?/m0/s1. The van der Waals surface area contributed by atoms with Gasteiger partial charge in [-0.2, -0.15) is 0 Å². The van der Waals surface area contributed by atoms with Crippen LogP contribution in [0.3, 0.4) is 0 Å². The number of ether oxygens (including phenoxy) is 3. The molecule has 0 amide bonds. The van der Waals surface area contributed by atoms with Gasteiger partial charge in [0.05, 0.1) is 38.3 Å². The first-order chi connectivity index (χ1) is 16.8. The van der Waals surface area contributed by atoms with Crippen molar-refractivity contribution in [3.05, 3.63) is 0 Å². The maximum atomic E-state index is 13.1. The Hall–Kier alpha value is 0.330. The average Bonchev–Trinajstić information content (AvgIpc) is 2.82. The van der Waals surface area contributed by atoms with Gasteiger partial charge in [-0.3, -0.25) is 0 Å². The smallest absolute Gasteiger partial charge is 0.214 e. The quantitative estimate of drug-likeness (QED) is 0.259. The number of fused-ring (bicyclic) bond motifs is 1. The molecule has 2 saturated carbocycles. The summed E-state index contributed by atoms with van der Waals surface area (Å²) in [6, 6.07) is 0. The van der Waals surface area contributed by atoms with Gasteiger partial charge in [0.25, 0.3) is 0 Å². The number of nitrogens with one attached hydrogen (secondary N) is 1. The van der Waals surface area contributed by atoms with Crippen LogP contribution < -0.4 is 4.72 Å². The first-order valence-electron chi connectivity index (χ1n) is 13.5. The van der Waals surface area contributed by atoms with Crippen molar-refractivity contribution in [2.45, 2.75) is 67.9 Å². The van der Waals surface area contributed by atoms with Crippen LogP contribution in [0, 0.1) is 23.7 Å². The number of rotatable bonds is 14. The fraction of sp³-hybridized carbons (Fsp3) is 1.00. The summed E-state index contributed by atoms with van der Waals surface area (Å²) in [4.78, 5) is 2.39. The van der Waals surface area contributed by atoms with Gasteiger partial charge < -0.3 is 19.1 Å². The predicted octanol–water partition coefficient (Wildman–Crippen LogP) is 3.73. The summed E-state index contributed by atoms with van der Waals surface area (Å²) in [5.41, 5.74) is 0. The Morgan fingerprint density at radius 3 is 2.23 bits per heavy atom. The summed E-state index contributed by atoms with van der Waals surface area (Å²) in [5, 5.41) is -0.0825. The highest BCUT2D eigenvalue weighted by Crippen LogP contribution is 2.48. The molecule has 1 saturated heterocycles. The molecule has 0 aromatic heterocycles. The van der Waals surface area contributed by atoms with E-state index >= 15 is 0 Å². The molecule has 1 aliphatic heterocycles. The van der Waals surface area contributed by atoms with E-state index in [9.17, 15) is 8.42 Å². The molecule has 0 bridgehead atoms. The highest BCUT2D eigenvalue weighted by molar-refractivity contribution is 7.90. The summed E-state index contributed by atoms with van der Waals surface area (Å²) in [7, 11) is -1.20. The molecule has 1 N–H and O–H groups in total. The van der Waals surface area contributed by atoms with Gasteiger partial charge in [0, 0.05) is 37.0 Å². The molecule has 7 atom stereocenters. The summed E-state index contributed by atoms with van der Waals surface area (Å²) < 4.78 is 45.2. The van der Waals surface area contributed by atoms with Gasteiger partial charge in [-0.05, 0) is 62.8 Å². The van der Waals surface area contributed by atoms with Gasteiger partial charge in [0.15, 0.2) is 0 Å². The van der Waals surface area contributed by atoms with Crippen LogP contribution in [0.1, 0.15) is 51.9 Å². The lowest BCUT2D eigenvalue weighted by atomic mass is 9.63. The molecule has 0 spiro atoms. The van der Waals surface area contributed by atoms with Crippen LogP contribution in [0.2, 0.25) is 0 Å². The molecule has 0 radical (unpaired) electrons. The monoisotopic (exact) mass is 556 g/mol. The number of piperidine rings is 1. The van der Waals surface area contributed by atoms with E-state index in [1.54, 1.807) is 0 Å². The van der Waals surface area contributed by atoms with Crippen LogP contribution >= 0.6 is 23.2 Å². The fourth-order valence-electron chi connectivity index (χ4n) is 6.34. The first-order valence-corrected chi connectivity index (χ1v) is 15.9. The van der Waals surface area contributed by atoms with Gasteiger partial charge in [-0.1, -0.05) is 19.8 Å². The van der Waals surface area contributed by atoms with Crippen LogP contribution in [-0.4, -0.2) is 95.6 Å². The Kier molecular flexibility index (Phi) is 12.9. The molecule has 3 aliphatic rings. The highest BCUT2D eigenvalue weighted by atomic mass is 35.5. The molecule has 10 heteroatoms. The third kappa shape index (κ3) is 9.24. The van der Waals surface area contributed by atoms with Gasteiger partial charge in [0.2, 0.25) is 10.0 Å². The van der Waals surface area contributed by atoms with E-state index in [-0.39, 0.29) is 16.0 Å². The van der Waals surface area contributed by atoms with Gasteiger partial charge in [0.1, 0.15) is 0 Å². The lowest BCUT2D eigenvalue weighted by Crippen LogP contribution is -2.54. The molecule has 1 heterocycles. The van der Waals surface area contributed by atoms with Crippen molar-refractivity contribution < 1.29 is 22.6 Å². The SMILES string of the molecule is CCCOCCOCCOCCNS(=O)(=O)C1CCC[C@H](C2CN(C)CC3C(Cl)CC(Cl)CC32)C1. The zero-order valence-electron chi connectivity index (χ0n) is 21.5. The van der Waals surface area contributed by atoms with Crippen molar-refractivity contribution in [1.29, 1.82) is 0 Å². The maximum Gasteiger partial charge on any atom is 0.214 e. The molecular weight excluding hydrogens is 511 g/mol. The second-order valence-electron chi connectivity index (χ2n) is 10.6. The summed E-state index contributed by atoms with van der Waals surface area (Å²) in [5.74, 6) is 1.82. The normalized spacial score (nSPS) is 34.6. The Morgan fingerprint density at radius 1 is 0.857 bits per heavy atom. The second kappa shape index (κ2) is 15.1. The van der Waals surface area contributed by atoms with E-state index in [2.05, 4.69) is 23.6 Å². The van der Waals surface area contributed by atoms with E-state index < -0.39 is 10.0 Å². The maximum absolute atomic E-state index is 13.1. The minimum atomic E-state index is -3.37. The second-order valence-corrected chi connectivity index (χ2v) is 13.8. The number of hydrogen-bond donors (Lipinski definition) is 1. The number of alkyl halides is 2. The van der Waals surface area contributed by atoms with Crippen LogP contribution in [-0.2, 0) is 24.2 Å². The summed E-state index contributed by atoms with van der Waals surface area (Å²) in [6.07, 6.45) is 6.39. The number of nitrogens with zero attached hydrogens (tertiary/aromatic N) is 1. The molecule has 6 unspecified atom stereocenters. The third-order valence-electron chi connectivity index (χ3n) is 7.97. The van der Waals surface area contributed by atoms with Crippen molar-refractivity contribution in [3.63, 3.8) is 0 Å². The molecule has 0 aromatic rings. The first kappa shape index (κ1) is 29.9. The fourth-order valence-corrected chi connectivity index (χ4v) is 8.89. The summed E-state index contributed by atoms with van der Waals surface area (Å²) in [6.45, 7) is 7.57. The Balaban J connectivity index is 1.40. The zero-order valence-corrected chi connectivity index (χ0v) is 23.8. The van der Waals surface area contributed by atoms with Crippen molar-refractivity contribution >= 4 is 33.2 Å². The molecule has 0 aromatic carbocycles. The third-order valence-corrected chi connectivity index (χ3v) is 10.7. The number of halogens is 2. The largest absolute Gasteiger partial charge is 0.379 e. The van der Waals surface area contributed by atoms with E-state index in [0.717, 1.165) is 64.6 Å². The predicted molar refractivity (Wildman–Crippen MR) is 142 cm³/mol. The molecule has 35 heavy (non-hydrogen) atoms. The molecule has 3 rings (SSSR count). The van der Waals surface area contributed by atoms with Crippen molar-refractivity contribution in [2.24, 2.45) is 23.7 Å². The molecule has 7 nitrogen and oxygen atoms in total.